The number of anilines is 1. The van der Waals surface area contributed by atoms with E-state index in [0.29, 0.717) is 17.7 Å². The number of aryl methyl sites for hydroxylation is 1. The molecule has 0 radical (unpaired) electrons. The van der Waals surface area contributed by atoms with Crippen LogP contribution in [0.5, 0.6) is 5.75 Å². The molecule has 0 amide bonds. The van der Waals surface area contributed by atoms with Crippen LogP contribution in [0.4, 0.5) is 18.9 Å². The minimum atomic E-state index is -4.79. The van der Waals surface area contributed by atoms with Gasteiger partial charge < -0.3 is 10.5 Å². The predicted octanol–water partition coefficient (Wildman–Crippen LogP) is 4.17. The number of halogens is 3. The summed E-state index contributed by atoms with van der Waals surface area (Å²) in [6.07, 6.45) is -1.53. The second kappa shape index (κ2) is 6.67. The van der Waals surface area contributed by atoms with Crippen molar-refractivity contribution in [1.29, 1.82) is 10.7 Å². The lowest BCUT2D eigenvalue weighted by atomic mass is 9.92. The van der Waals surface area contributed by atoms with E-state index in [9.17, 15) is 13.2 Å². The first-order valence-corrected chi connectivity index (χ1v) is 7.91. The molecule has 5 nitrogen and oxygen atoms in total. The molecular formula is C18H17F3N4O. The number of nitriles is 1. The number of ether oxygens (including phenoxy) is 1. The van der Waals surface area contributed by atoms with E-state index in [0.717, 1.165) is 24.5 Å². The van der Waals surface area contributed by atoms with E-state index in [1.54, 1.807) is 6.07 Å². The molecule has 1 aromatic carbocycles. The highest BCUT2D eigenvalue weighted by Gasteiger charge is 2.36. The average molecular weight is 362 g/mol. The molecular weight excluding hydrogens is 345 g/mol. The number of alkyl halides is 3. The van der Waals surface area contributed by atoms with E-state index in [4.69, 9.17) is 21.1 Å². The van der Waals surface area contributed by atoms with E-state index in [-0.39, 0.29) is 12.9 Å². The van der Waals surface area contributed by atoms with Gasteiger partial charge in [0.1, 0.15) is 23.6 Å². The molecule has 26 heavy (non-hydrogen) atoms. The molecule has 1 aliphatic carbocycles. The van der Waals surface area contributed by atoms with Crippen molar-refractivity contribution < 1.29 is 19.3 Å². The van der Waals surface area contributed by atoms with E-state index >= 15 is 0 Å². The summed E-state index contributed by atoms with van der Waals surface area (Å²) in [5.74, 6) is 0.187. The number of benzene rings is 1. The molecule has 0 saturated heterocycles. The summed E-state index contributed by atoms with van der Waals surface area (Å²) in [6, 6.07) is 7.68. The first-order chi connectivity index (χ1) is 12.3. The maximum absolute atomic E-state index is 12.8. The molecule has 0 fully saturated rings. The summed E-state index contributed by atoms with van der Waals surface area (Å²) < 4.78 is 44.3. The number of pyridine rings is 1. The summed E-state index contributed by atoms with van der Waals surface area (Å²) in [5, 5.41) is 16.3. The number of hydrogen-bond donors (Lipinski definition) is 2. The number of rotatable bonds is 3. The maximum atomic E-state index is 12.8. The monoisotopic (exact) mass is 362 g/mol. The number of aromatic nitrogens is 1. The highest BCUT2D eigenvalue weighted by molar-refractivity contribution is 6.06. The smallest absolute Gasteiger partial charge is 0.433 e. The van der Waals surface area contributed by atoms with Crippen molar-refractivity contribution in [2.45, 2.75) is 31.5 Å². The molecule has 8 heteroatoms. The number of hydrogen-bond acceptors (Lipinski definition) is 5. The van der Waals surface area contributed by atoms with E-state index in [2.05, 4.69) is 4.98 Å². The second-order valence-corrected chi connectivity index (χ2v) is 6.00. The SMILES string of the molecule is N#Cc1cnc2c(c1)CCC[C@H]2Oc1ccc(N)c(C(=N)C(F)(F)F)c1.[HH]. The van der Waals surface area contributed by atoms with Crippen molar-refractivity contribution in [3.05, 3.63) is 52.8 Å². The minimum Gasteiger partial charge on any atom is -0.484 e. The molecule has 1 aromatic heterocycles. The van der Waals surface area contributed by atoms with Crippen LogP contribution in [-0.2, 0) is 6.42 Å². The van der Waals surface area contributed by atoms with Gasteiger partial charge in [0.15, 0.2) is 0 Å². The summed E-state index contributed by atoms with van der Waals surface area (Å²) in [4.78, 5) is 4.29. The minimum absolute atomic E-state index is 0. The summed E-state index contributed by atoms with van der Waals surface area (Å²) >= 11 is 0. The lowest BCUT2D eigenvalue weighted by Crippen LogP contribution is -2.24. The fraction of sp³-hybridized carbons (Fsp3) is 0.278. The van der Waals surface area contributed by atoms with E-state index < -0.39 is 23.6 Å². The zero-order valence-corrected chi connectivity index (χ0v) is 13.6. The Bertz CT molecular complexity index is 908. The molecule has 1 atom stereocenters. The number of nitrogens with zero attached hydrogens (tertiary/aromatic N) is 2. The zero-order valence-electron chi connectivity index (χ0n) is 13.6. The molecule has 0 aliphatic heterocycles. The Morgan fingerprint density at radius 1 is 1.38 bits per heavy atom. The topological polar surface area (TPSA) is 95.8 Å². The molecule has 3 rings (SSSR count). The Hall–Kier alpha value is -3.08. The van der Waals surface area contributed by atoms with Crippen LogP contribution in [-0.4, -0.2) is 16.9 Å². The van der Waals surface area contributed by atoms with Gasteiger partial charge in [-0.15, -0.1) is 0 Å². The van der Waals surface area contributed by atoms with Gasteiger partial charge in [-0.05, 0) is 49.1 Å². The van der Waals surface area contributed by atoms with Crippen LogP contribution in [0.2, 0.25) is 0 Å². The maximum Gasteiger partial charge on any atom is 0.433 e. The largest absolute Gasteiger partial charge is 0.484 e. The van der Waals surface area contributed by atoms with Gasteiger partial charge in [-0.2, -0.15) is 18.4 Å². The van der Waals surface area contributed by atoms with Gasteiger partial charge in [-0.3, -0.25) is 10.4 Å². The first-order valence-electron chi connectivity index (χ1n) is 7.91. The molecule has 0 saturated carbocycles. The van der Waals surface area contributed by atoms with Crippen molar-refractivity contribution >= 4 is 11.4 Å². The summed E-state index contributed by atoms with van der Waals surface area (Å²) in [7, 11) is 0. The molecule has 1 aliphatic rings. The molecule has 1 heterocycles. The highest BCUT2D eigenvalue weighted by Crippen LogP contribution is 2.34. The summed E-state index contributed by atoms with van der Waals surface area (Å²) in [6.45, 7) is 0. The third kappa shape index (κ3) is 3.47. The van der Waals surface area contributed by atoms with Gasteiger partial charge in [-0.25, -0.2) is 0 Å². The van der Waals surface area contributed by atoms with Crippen LogP contribution in [0.3, 0.4) is 0 Å². The Balaban J connectivity index is 0.00000261. The quantitative estimate of drug-likeness (QED) is 0.633. The van der Waals surface area contributed by atoms with Crippen molar-refractivity contribution in [3.63, 3.8) is 0 Å². The van der Waals surface area contributed by atoms with Gasteiger partial charge in [0.05, 0.1) is 11.3 Å². The molecule has 2 aromatic rings. The molecule has 0 spiro atoms. The normalized spacial score (nSPS) is 16.5. The van der Waals surface area contributed by atoms with Crippen molar-refractivity contribution in [2.24, 2.45) is 0 Å². The molecule has 0 unspecified atom stereocenters. The molecule has 0 bridgehead atoms. The third-order valence-electron chi connectivity index (χ3n) is 4.20. The van der Waals surface area contributed by atoms with Crippen molar-refractivity contribution in [1.82, 2.24) is 4.98 Å². The summed E-state index contributed by atoms with van der Waals surface area (Å²) in [5.41, 5.74) is 5.56. The van der Waals surface area contributed by atoms with Crippen LogP contribution in [0.1, 0.15) is 42.8 Å². The fourth-order valence-electron chi connectivity index (χ4n) is 2.94. The Kier molecular flexibility index (Phi) is 4.55. The number of fused-ring (bicyclic) bond motifs is 1. The Morgan fingerprint density at radius 3 is 2.85 bits per heavy atom. The Morgan fingerprint density at radius 2 is 2.15 bits per heavy atom. The lowest BCUT2D eigenvalue weighted by molar-refractivity contribution is -0.0587. The Labute approximate surface area is 149 Å². The van der Waals surface area contributed by atoms with Crippen LogP contribution in [0.15, 0.2) is 30.5 Å². The third-order valence-corrected chi connectivity index (χ3v) is 4.20. The predicted molar refractivity (Wildman–Crippen MR) is 91.1 cm³/mol. The number of nitrogens with two attached hydrogens (primary N) is 1. The van der Waals surface area contributed by atoms with Gasteiger partial charge in [0, 0.05) is 18.9 Å². The number of nitrogen functional groups attached to an aromatic ring is 1. The van der Waals surface area contributed by atoms with E-state index in [1.165, 1.54) is 18.3 Å². The lowest BCUT2D eigenvalue weighted by Gasteiger charge is -2.25. The van der Waals surface area contributed by atoms with Crippen molar-refractivity contribution in [2.75, 3.05) is 5.73 Å². The first kappa shape index (κ1) is 17.7. The van der Waals surface area contributed by atoms with Gasteiger partial charge in [0.2, 0.25) is 0 Å². The molecule has 3 N–H and O–H groups in total. The second-order valence-electron chi connectivity index (χ2n) is 6.00. The van der Waals surface area contributed by atoms with E-state index in [1.807, 2.05) is 6.07 Å². The van der Waals surface area contributed by atoms with Crippen LogP contribution < -0.4 is 10.5 Å². The van der Waals surface area contributed by atoms with Crippen LogP contribution in [0.25, 0.3) is 0 Å². The fourth-order valence-corrected chi connectivity index (χ4v) is 2.94. The van der Waals surface area contributed by atoms with Gasteiger partial charge in [0.25, 0.3) is 0 Å². The molecule has 136 valence electrons. The zero-order chi connectivity index (χ0) is 18.9. The average Bonchev–Trinajstić information content (AvgIpc) is 2.61. The van der Waals surface area contributed by atoms with Crippen LogP contribution >= 0.6 is 0 Å². The number of nitrogens with one attached hydrogen (secondary N) is 1. The van der Waals surface area contributed by atoms with Crippen LogP contribution in [0, 0.1) is 16.7 Å². The van der Waals surface area contributed by atoms with Crippen molar-refractivity contribution in [3.8, 4) is 11.8 Å². The van der Waals surface area contributed by atoms with Gasteiger partial charge in [-0.1, -0.05) is 0 Å². The highest BCUT2D eigenvalue weighted by atomic mass is 19.4. The standard InChI is InChI=1S/C18H15F3N4O.H2/c19-18(20,21)17(24)13-7-12(4-5-14(13)23)26-15-3-1-2-11-6-10(8-22)9-25-16(11)15;/h4-7,9,15,24H,1-3,23H2;1H/t15-;/m1./s1. The van der Waals surface area contributed by atoms with Gasteiger partial charge >= 0.3 is 6.18 Å².